The van der Waals surface area contributed by atoms with Crippen LogP contribution in [-0.2, 0) is 16.0 Å². The molecule has 1 fully saturated rings. The molecule has 8 heteroatoms. The summed E-state index contributed by atoms with van der Waals surface area (Å²) in [4.78, 5) is 37.7. The number of aromatic nitrogens is 2. The zero-order valence-corrected chi connectivity index (χ0v) is 20.8. The summed E-state index contributed by atoms with van der Waals surface area (Å²) in [6.07, 6.45) is 1.86. The van der Waals surface area contributed by atoms with Gasteiger partial charge in [0.2, 0.25) is 5.91 Å². The Hall–Kier alpha value is -4.46. The Morgan fingerprint density at radius 2 is 1.62 bits per heavy atom. The minimum atomic E-state index is -0.266. The Kier molecular flexibility index (Phi) is 7.26. The minimum absolute atomic E-state index is 0.0458. The summed E-state index contributed by atoms with van der Waals surface area (Å²) in [5.74, 6) is 0.750. The standard InChI is InChI=1S/C29H29N5O3/c1-2-37-29(36)34-16-14-33(15-17-34)27-20-30-25-13-10-23(19-26(25)32-27)22-8-11-24(12-9-22)31-28(35)18-21-6-4-3-5-7-21/h3-13,19-20H,2,14-18H2,1H3,(H,31,35). The number of amides is 2. The number of hydrogen-bond donors (Lipinski definition) is 1. The maximum absolute atomic E-state index is 12.4. The van der Waals surface area contributed by atoms with Crippen molar-refractivity contribution in [3.8, 4) is 11.1 Å². The minimum Gasteiger partial charge on any atom is -0.450 e. The van der Waals surface area contributed by atoms with Crippen molar-refractivity contribution in [1.29, 1.82) is 0 Å². The quantitative estimate of drug-likeness (QED) is 0.415. The molecule has 8 nitrogen and oxygen atoms in total. The molecule has 3 aromatic carbocycles. The molecule has 188 valence electrons. The molecule has 1 N–H and O–H groups in total. The molecule has 0 unspecified atom stereocenters. The molecule has 1 aliphatic heterocycles. The second-order valence-electron chi connectivity index (χ2n) is 8.89. The number of benzene rings is 3. The lowest BCUT2D eigenvalue weighted by atomic mass is 10.0. The highest BCUT2D eigenvalue weighted by Gasteiger charge is 2.23. The van der Waals surface area contributed by atoms with Gasteiger partial charge in [0, 0.05) is 31.9 Å². The van der Waals surface area contributed by atoms with Crippen molar-refractivity contribution in [1.82, 2.24) is 14.9 Å². The van der Waals surface area contributed by atoms with E-state index in [1.165, 1.54) is 0 Å². The third-order valence-electron chi connectivity index (χ3n) is 6.37. The van der Waals surface area contributed by atoms with Crippen molar-refractivity contribution in [3.63, 3.8) is 0 Å². The maximum Gasteiger partial charge on any atom is 0.409 e. The number of ether oxygens (including phenoxy) is 1. The number of rotatable bonds is 6. The van der Waals surface area contributed by atoms with E-state index in [-0.39, 0.29) is 12.0 Å². The van der Waals surface area contributed by atoms with Gasteiger partial charge < -0.3 is 19.9 Å². The van der Waals surface area contributed by atoms with Crippen LogP contribution < -0.4 is 10.2 Å². The summed E-state index contributed by atoms with van der Waals surface area (Å²) < 4.78 is 5.11. The normalized spacial score (nSPS) is 13.4. The molecule has 0 bridgehead atoms. The number of nitrogens with one attached hydrogen (secondary N) is 1. The lowest BCUT2D eigenvalue weighted by Crippen LogP contribution is -2.49. The van der Waals surface area contributed by atoms with Crippen LogP contribution in [0.4, 0.5) is 16.3 Å². The number of carbonyl (C=O) groups is 2. The lowest BCUT2D eigenvalue weighted by Gasteiger charge is -2.34. The summed E-state index contributed by atoms with van der Waals surface area (Å²) in [6, 6.07) is 23.5. The molecule has 0 atom stereocenters. The summed E-state index contributed by atoms with van der Waals surface area (Å²) in [5, 5.41) is 2.96. The topological polar surface area (TPSA) is 87.7 Å². The van der Waals surface area contributed by atoms with E-state index >= 15 is 0 Å². The van der Waals surface area contributed by atoms with Crippen LogP contribution in [0.3, 0.4) is 0 Å². The van der Waals surface area contributed by atoms with Crippen LogP contribution in [0.25, 0.3) is 22.2 Å². The van der Waals surface area contributed by atoms with Crippen molar-refractivity contribution in [3.05, 3.63) is 84.6 Å². The van der Waals surface area contributed by atoms with Crippen LogP contribution in [0.5, 0.6) is 0 Å². The summed E-state index contributed by atoms with van der Waals surface area (Å²) in [5.41, 5.74) is 5.42. The molecule has 0 aliphatic carbocycles. The van der Waals surface area contributed by atoms with Crippen LogP contribution in [0.2, 0.25) is 0 Å². The van der Waals surface area contributed by atoms with Gasteiger partial charge in [-0.05, 0) is 47.9 Å². The first-order chi connectivity index (χ1) is 18.1. The van der Waals surface area contributed by atoms with Gasteiger partial charge in [-0.25, -0.2) is 9.78 Å². The van der Waals surface area contributed by atoms with E-state index in [0.717, 1.165) is 39.2 Å². The molecule has 4 aromatic rings. The molecule has 2 heterocycles. The molecule has 0 radical (unpaired) electrons. The fourth-order valence-corrected chi connectivity index (χ4v) is 4.40. The smallest absolute Gasteiger partial charge is 0.409 e. The molecule has 5 rings (SSSR count). The Bertz CT molecular complexity index is 1380. The highest BCUT2D eigenvalue weighted by atomic mass is 16.6. The zero-order valence-electron chi connectivity index (χ0n) is 20.8. The average Bonchev–Trinajstić information content (AvgIpc) is 2.93. The highest BCUT2D eigenvalue weighted by Crippen LogP contribution is 2.26. The predicted molar refractivity (Wildman–Crippen MR) is 145 cm³/mol. The number of piperazine rings is 1. The summed E-state index contributed by atoms with van der Waals surface area (Å²) >= 11 is 0. The fraction of sp³-hybridized carbons (Fsp3) is 0.241. The van der Waals surface area contributed by atoms with E-state index in [2.05, 4.69) is 15.2 Å². The van der Waals surface area contributed by atoms with Crippen molar-refractivity contribution in [2.75, 3.05) is 43.0 Å². The van der Waals surface area contributed by atoms with Gasteiger partial charge in [0.25, 0.3) is 0 Å². The van der Waals surface area contributed by atoms with E-state index in [9.17, 15) is 9.59 Å². The first-order valence-corrected chi connectivity index (χ1v) is 12.5. The Balaban J connectivity index is 1.26. The van der Waals surface area contributed by atoms with Crippen molar-refractivity contribution < 1.29 is 14.3 Å². The molecule has 1 saturated heterocycles. The predicted octanol–water partition coefficient (Wildman–Crippen LogP) is 4.76. The monoisotopic (exact) mass is 495 g/mol. The lowest BCUT2D eigenvalue weighted by molar-refractivity contribution is -0.115. The average molecular weight is 496 g/mol. The van der Waals surface area contributed by atoms with E-state index in [1.54, 1.807) is 11.1 Å². The van der Waals surface area contributed by atoms with Crippen molar-refractivity contribution in [2.24, 2.45) is 0 Å². The van der Waals surface area contributed by atoms with E-state index in [1.807, 2.05) is 79.7 Å². The molecule has 2 amide bonds. The van der Waals surface area contributed by atoms with Gasteiger partial charge >= 0.3 is 6.09 Å². The molecule has 37 heavy (non-hydrogen) atoms. The molecular weight excluding hydrogens is 466 g/mol. The Labute approximate surface area is 215 Å². The number of nitrogens with zero attached hydrogens (tertiary/aromatic N) is 4. The molecule has 1 aromatic heterocycles. The fourth-order valence-electron chi connectivity index (χ4n) is 4.40. The highest BCUT2D eigenvalue weighted by molar-refractivity contribution is 5.92. The van der Waals surface area contributed by atoms with E-state index in [4.69, 9.17) is 9.72 Å². The first kappa shape index (κ1) is 24.2. The SMILES string of the molecule is CCOC(=O)N1CCN(c2cnc3ccc(-c4ccc(NC(=O)Cc5ccccc5)cc4)cc3n2)CC1. The Morgan fingerprint density at radius 3 is 2.35 bits per heavy atom. The number of anilines is 2. The number of fused-ring (bicyclic) bond motifs is 1. The maximum atomic E-state index is 12.4. The largest absolute Gasteiger partial charge is 0.450 e. The van der Waals surface area contributed by atoms with Crippen LogP contribution in [0, 0.1) is 0 Å². The number of carbonyl (C=O) groups excluding carboxylic acids is 2. The van der Waals surface area contributed by atoms with Crippen LogP contribution in [0.15, 0.2) is 79.0 Å². The van der Waals surface area contributed by atoms with Gasteiger partial charge in [0.05, 0.1) is 30.3 Å². The van der Waals surface area contributed by atoms with Gasteiger partial charge in [0.15, 0.2) is 0 Å². The van der Waals surface area contributed by atoms with Crippen molar-refractivity contribution >= 4 is 34.5 Å². The van der Waals surface area contributed by atoms with Gasteiger partial charge in [-0.2, -0.15) is 0 Å². The van der Waals surface area contributed by atoms with Crippen LogP contribution >= 0.6 is 0 Å². The van der Waals surface area contributed by atoms with Crippen LogP contribution in [-0.4, -0.2) is 59.7 Å². The molecular formula is C29H29N5O3. The van der Waals surface area contributed by atoms with Crippen LogP contribution in [0.1, 0.15) is 12.5 Å². The zero-order chi connectivity index (χ0) is 25.6. The summed E-state index contributed by atoms with van der Waals surface area (Å²) in [6.45, 7) is 4.72. The van der Waals surface area contributed by atoms with Gasteiger partial charge in [-0.15, -0.1) is 0 Å². The Morgan fingerprint density at radius 1 is 0.892 bits per heavy atom. The number of hydrogen-bond acceptors (Lipinski definition) is 6. The van der Waals surface area contributed by atoms with Gasteiger partial charge in [-0.1, -0.05) is 48.5 Å². The molecule has 1 aliphatic rings. The molecule has 0 spiro atoms. The van der Waals surface area contributed by atoms with E-state index in [0.29, 0.717) is 39.2 Å². The van der Waals surface area contributed by atoms with Gasteiger partial charge in [-0.3, -0.25) is 9.78 Å². The second kappa shape index (κ2) is 11.1. The second-order valence-corrected chi connectivity index (χ2v) is 8.89. The molecule has 0 saturated carbocycles. The van der Waals surface area contributed by atoms with Gasteiger partial charge in [0.1, 0.15) is 5.82 Å². The third kappa shape index (κ3) is 5.86. The van der Waals surface area contributed by atoms with E-state index < -0.39 is 0 Å². The van der Waals surface area contributed by atoms with Crippen molar-refractivity contribution in [2.45, 2.75) is 13.3 Å². The first-order valence-electron chi connectivity index (χ1n) is 12.5. The summed E-state index contributed by atoms with van der Waals surface area (Å²) in [7, 11) is 0. The third-order valence-corrected chi connectivity index (χ3v) is 6.37.